The maximum Gasteiger partial charge on any atom is 0.123 e. The van der Waals surface area contributed by atoms with Crippen molar-refractivity contribution in [2.45, 2.75) is 19.3 Å². The van der Waals surface area contributed by atoms with Crippen molar-refractivity contribution in [2.24, 2.45) is 0 Å². The number of hydrogen-bond donors (Lipinski definition) is 2. The van der Waals surface area contributed by atoms with Crippen molar-refractivity contribution in [3.8, 4) is 11.5 Å². The first-order valence-corrected chi connectivity index (χ1v) is 5.79. The Labute approximate surface area is 101 Å². The summed E-state index contributed by atoms with van der Waals surface area (Å²) in [5.74, 6) is 0.409. The first kappa shape index (κ1) is 11.5. The summed E-state index contributed by atoms with van der Waals surface area (Å²) in [5, 5.41) is 19.2. The Balaban J connectivity index is 2.42. The molecule has 88 valence electrons. The van der Waals surface area contributed by atoms with Crippen LogP contribution >= 0.6 is 0 Å². The van der Waals surface area contributed by atoms with E-state index in [1.54, 1.807) is 12.1 Å². The van der Waals surface area contributed by atoms with Gasteiger partial charge in [-0.2, -0.15) is 0 Å². The van der Waals surface area contributed by atoms with E-state index >= 15 is 0 Å². The molecule has 1 atom stereocenters. The largest absolute Gasteiger partial charge is 0.508 e. The quantitative estimate of drug-likeness (QED) is 0.842. The summed E-state index contributed by atoms with van der Waals surface area (Å²) in [6.45, 7) is 2.09. The first-order chi connectivity index (χ1) is 8.22. The molecule has 0 aliphatic rings. The van der Waals surface area contributed by atoms with E-state index in [4.69, 9.17) is 0 Å². The SMILES string of the molecule is CCC(c1ccccc1)c1ccc(O)cc1O. The van der Waals surface area contributed by atoms with Crippen molar-refractivity contribution in [1.82, 2.24) is 0 Å². The van der Waals surface area contributed by atoms with Crippen LogP contribution in [0.4, 0.5) is 0 Å². The molecular formula is C15H16O2. The van der Waals surface area contributed by atoms with E-state index in [1.807, 2.05) is 18.2 Å². The molecule has 0 aliphatic carbocycles. The Morgan fingerprint density at radius 2 is 1.71 bits per heavy atom. The van der Waals surface area contributed by atoms with Crippen LogP contribution in [0.25, 0.3) is 0 Å². The molecule has 0 spiro atoms. The molecule has 2 heteroatoms. The minimum absolute atomic E-state index is 0.0918. The van der Waals surface area contributed by atoms with E-state index in [0.717, 1.165) is 12.0 Å². The standard InChI is InChI=1S/C15H16O2/c1-2-13(11-6-4-3-5-7-11)14-9-8-12(16)10-15(14)17/h3-10,13,16-17H,2H2,1H3. The van der Waals surface area contributed by atoms with Crippen molar-refractivity contribution in [2.75, 3.05) is 0 Å². The van der Waals surface area contributed by atoms with Crippen LogP contribution in [-0.2, 0) is 0 Å². The second-order valence-corrected chi connectivity index (χ2v) is 4.11. The van der Waals surface area contributed by atoms with Crippen LogP contribution in [0.2, 0.25) is 0 Å². The highest BCUT2D eigenvalue weighted by atomic mass is 16.3. The monoisotopic (exact) mass is 228 g/mol. The van der Waals surface area contributed by atoms with Crippen molar-refractivity contribution < 1.29 is 10.2 Å². The Kier molecular flexibility index (Phi) is 3.33. The Morgan fingerprint density at radius 1 is 1.00 bits per heavy atom. The van der Waals surface area contributed by atoms with E-state index in [0.29, 0.717) is 0 Å². The Hall–Kier alpha value is -1.96. The topological polar surface area (TPSA) is 40.5 Å². The number of aromatic hydroxyl groups is 2. The predicted octanol–water partition coefficient (Wildman–Crippen LogP) is 3.64. The van der Waals surface area contributed by atoms with Crippen molar-refractivity contribution in [3.05, 3.63) is 59.7 Å². The number of phenols is 2. The van der Waals surface area contributed by atoms with Crippen LogP contribution < -0.4 is 0 Å². The summed E-state index contributed by atoms with van der Waals surface area (Å²) in [6, 6.07) is 14.9. The maximum atomic E-state index is 9.89. The lowest BCUT2D eigenvalue weighted by Gasteiger charge is -2.17. The molecule has 0 saturated carbocycles. The third kappa shape index (κ3) is 2.41. The lowest BCUT2D eigenvalue weighted by Crippen LogP contribution is -1.99. The number of benzene rings is 2. The lowest BCUT2D eigenvalue weighted by atomic mass is 9.88. The smallest absolute Gasteiger partial charge is 0.123 e. The molecular weight excluding hydrogens is 212 g/mol. The summed E-state index contributed by atoms with van der Waals surface area (Å²) < 4.78 is 0. The third-order valence-electron chi connectivity index (χ3n) is 3.00. The molecule has 0 aromatic heterocycles. The normalized spacial score (nSPS) is 12.3. The summed E-state index contributed by atoms with van der Waals surface area (Å²) >= 11 is 0. The van der Waals surface area contributed by atoms with Gasteiger partial charge in [-0.15, -0.1) is 0 Å². The van der Waals surface area contributed by atoms with Crippen LogP contribution in [0.15, 0.2) is 48.5 Å². The van der Waals surface area contributed by atoms with Crippen molar-refractivity contribution >= 4 is 0 Å². The molecule has 0 saturated heterocycles. The van der Waals surface area contributed by atoms with Crippen LogP contribution in [0.3, 0.4) is 0 Å². The number of phenolic OH excluding ortho intramolecular Hbond substituents is 2. The molecule has 1 unspecified atom stereocenters. The molecule has 0 fully saturated rings. The average Bonchev–Trinajstić information content (AvgIpc) is 2.34. The predicted molar refractivity (Wildman–Crippen MR) is 68.3 cm³/mol. The molecule has 0 bridgehead atoms. The van der Waals surface area contributed by atoms with Crippen molar-refractivity contribution in [1.29, 1.82) is 0 Å². The highest BCUT2D eigenvalue weighted by Crippen LogP contribution is 2.35. The summed E-state index contributed by atoms with van der Waals surface area (Å²) in [4.78, 5) is 0. The molecule has 0 amide bonds. The first-order valence-electron chi connectivity index (χ1n) is 5.79. The third-order valence-corrected chi connectivity index (χ3v) is 3.00. The molecule has 2 nitrogen and oxygen atoms in total. The molecule has 17 heavy (non-hydrogen) atoms. The van der Waals surface area contributed by atoms with Gasteiger partial charge in [0, 0.05) is 17.5 Å². The fourth-order valence-corrected chi connectivity index (χ4v) is 2.15. The van der Waals surface area contributed by atoms with Crippen LogP contribution in [-0.4, -0.2) is 10.2 Å². The number of rotatable bonds is 3. The molecule has 2 N–H and O–H groups in total. The molecule has 0 heterocycles. The number of hydrogen-bond acceptors (Lipinski definition) is 2. The average molecular weight is 228 g/mol. The van der Waals surface area contributed by atoms with Gasteiger partial charge in [0.1, 0.15) is 11.5 Å². The van der Waals surface area contributed by atoms with Crippen LogP contribution in [0, 0.1) is 0 Å². The molecule has 2 aromatic rings. The van der Waals surface area contributed by atoms with E-state index in [1.165, 1.54) is 11.6 Å². The molecule has 0 aliphatic heterocycles. The van der Waals surface area contributed by atoms with Crippen LogP contribution in [0.1, 0.15) is 30.4 Å². The van der Waals surface area contributed by atoms with E-state index in [2.05, 4.69) is 19.1 Å². The van der Waals surface area contributed by atoms with Gasteiger partial charge < -0.3 is 10.2 Å². The van der Waals surface area contributed by atoms with E-state index in [-0.39, 0.29) is 17.4 Å². The van der Waals surface area contributed by atoms with Gasteiger partial charge in [0.25, 0.3) is 0 Å². The van der Waals surface area contributed by atoms with Crippen molar-refractivity contribution in [3.63, 3.8) is 0 Å². The second-order valence-electron chi connectivity index (χ2n) is 4.11. The van der Waals surface area contributed by atoms with Gasteiger partial charge >= 0.3 is 0 Å². The van der Waals surface area contributed by atoms with Gasteiger partial charge in [-0.25, -0.2) is 0 Å². The van der Waals surface area contributed by atoms with Gasteiger partial charge in [0.15, 0.2) is 0 Å². The maximum absolute atomic E-state index is 9.89. The Bertz CT molecular complexity index is 492. The zero-order valence-electron chi connectivity index (χ0n) is 9.80. The summed E-state index contributed by atoms with van der Waals surface area (Å²) in [5.41, 5.74) is 2.03. The van der Waals surface area contributed by atoms with Gasteiger partial charge in [-0.1, -0.05) is 43.3 Å². The summed E-state index contributed by atoms with van der Waals surface area (Å²) in [7, 11) is 0. The minimum atomic E-state index is 0.0918. The van der Waals surface area contributed by atoms with E-state index in [9.17, 15) is 10.2 Å². The Morgan fingerprint density at radius 3 is 2.29 bits per heavy atom. The fourth-order valence-electron chi connectivity index (χ4n) is 2.15. The summed E-state index contributed by atoms with van der Waals surface area (Å²) in [6.07, 6.45) is 0.905. The minimum Gasteiger partial charge on any atom is -0.508 e. The molecule has 0 radical (unpaired) electrons. The zero-order valence-corrected chi connectivity index (χ0v) is 9.80. The van der Waals surface area contributed by atoms with E-state index < -0.39 is 0 Å². The molecule has 2 rings (SSSR count). The molecule has 2 aromatic carbocycles. The highest BCUT2D eigenvalue weighted by molar-refractivity contribution is 5.45. The fraction of sp³-hybridized carbons (Fsp3) is 0.200. The second kappa shape index (κ2) is 4.91. The van der Waals surface area contributed by atoms with Gasteiger partial charge in [-0.05, 0) is 18.1 Å². The highest BCUT2D eigenvalue weighted by Gasteiger charge is 2.15. The van der Waals surface area contributed by atoms with Gasteiger partial charge in [-0.3, -0.25) is 0 Å². The van der Waals surface area contributed by atoms with Gasteiger partial charge in [0.2, 0.25) is 0 Å². The zero-order chi connectivity index (χ0) is 12.3. The lowest BCUT2D eigenvalue weighted by molar-refractivity contribution is 0.443. The van der Waals surface area contributed by atoms with Crippen LogP contribution in [0.5, 0.6) is 11.5 Å². The van der Waals surface area contributed by atoms with Gasteiger partial charge in [0.05, 0.1) is 0 Å².